The van der Waals surface area contributed by atoms with E-state index in [-0.39, 0.29) is 0 Å². The van der Waals surface area contributed by atoms with Crippen LogP contribution in [0, 0.1) is 25.2 Å². The molecule has 0 bridgehead atoms. The molecule has 2 rings (SSSR count). The van der Waals surface area contributed by atoms with Crippen molar-refractivity contribution >= 4 is 16.6 Å². The average molecular weight is 225 g/mol. The molecular weight excluding hydrogens is 210 g/mol. The summed E-state index contributed by atoms with van der Waals surface area (Å²) in [6.07, 6.45) is 1.64. The zero-order valence-corrected chi connectivity index (χ0v) is 10.3. The van der Waals surface area contributed by atoms with E-state index in [1.54, 1.807) is 6.20 Å². The summed E-state index contributed by atoms with van der Waals surface area (Å²) in [7, 11) is 0. The van der Waals surface area contributed by atoms with E-state index in [0.29, 0.717) is 5.56 Å². The van der Waals surface area contributed by atoms with Gasteiger partial charge in [-0.05, 0) is 38.0 Å². The van der Waals surface area contributed by atoms with Crippen molar-refractivity contribution in [3.8, 4) is 6.07 Å². The number of benzene rings is 1. The van der Waals surface area contributed by atoms with Gasteiger partial charge >= 0.3 is 0 Å². The molecule has 3 heteroatoms. The molecule has 1 heterocycles. The number of fused-ring (bicyclic) bond motifs is 1. The summed E-state index contributed by atoms with van der Waals surface area (Å²) in [5.41, 5.74) is 4.79. The first-order valence-electron chi connectivity index (χ1n) is 5.71. The molecule has 0 unspecified atom stereocenters. The molecule has 0 saturated heterocycles. The third-order valence-electron chi connectivity index (χ3n) is 2.79. The second kappa shape index (κ2) is 4.42. The van der Waals surface area contributed by atoms with Gasteiger partial charge in [0.05, 0.1) is 16.8 Å². The Balaban J connectivity index is 2.85. The molecule has 0 aliphatic heterocycles. The summed E-state index contributed by atoms with van der Waals surface area (Å²) >= 11 is 0. The lowest BCUT2D eigenvalue weighted by molar-refractivity contribution is 1.20. The molecule has 0 atom stereocenters. The fourth-order valence-corrected chi connectivity index (χ4v) is 2.15. The summed E-state index contributed by atoms with van der Waals surface area (Å²) in [6.45, 7) is 6.93. The van der Waals surface area contributed by atoms with Crippen LogP contribution in [0.1, 0.15) is 23.6 Å². The lowest BCUT2D eigenvalue weighted by Gasteiger charge is -2.12. The quantitative estimate of drug-likeness (QED) is 0.854. The van der Waals surface area contributed by atoms with Gasteiger partial charge in [-0.3, -0.25) is 4.98 Å². The molecule has 1 aromatic carbocycles. The maximum Gasteiger partial charge on any atom is 0.103 e. The van der Waals surface area contributed by atoms with Gasteiger partial charge in [-0.15, -0.1) is 0 Å². The number of hydrogen-bond donors (Lipinski definition) is 1. The Bertz CT molecular complexity index is 609. The van der Waals surface area contributed by atoms with Gasteiger partial charge in [-0.2, -0.15) is 5.26 Å². The Hall–Kier alpha value is -2.08. The van der Waals surface area contributed by atoms with Crippen LogP contribution < -0.4 is 5.32 Å². The van der Waals surface area contributed by atoms with Crippen molar-refractivity contribution in [1.82, 2.24) is 4.98 Å². The SMILES string of the molecule is CCNc1c(C#N)cnc2cc(C)cc(C)c12. The third-order valence-corrected chi connectivity index (χ3v) is 2.79. The first-order chi connectivity index (χ1) is 8.17. The molecule has 86 valence electrons. The van der Waals surface area contributed by atoms with Gasteiger partial charge in [0, 0.05) is 18.1 Å². The number of aromatic nitrogens is 1. The largest absolute Gasteiger partial charge is 0.384 e. The minimum absolute atomic E-state index is 0.603. The maximum absolute atomic E-state index is 9.12. The first-order valence-corrected chi connectivity index (χ1v) is 5.71. The van der Waals surface area contributed by atoms with Gasteiger partial charge in [-0.25, -0.2) is 0 Å². The van der Waals surface area contributed by atoms with Crippen LogP contribution in [0.2, 0.25) is 0 Å². The second-order valence-electron chi connectivity index (χ2n) is 4.16. The van der Waals surface area contributed by atoms with Gasteiger partial charge in [-0.1, -0.05) is 6.07 Å². The number of aryl methyl sites for hydroxylation is 2. The molecule has 0 amide bonds. The van der Waals surface area contributed by atoms with E-state index >= 15 is 0 Å². The standard InChI is InChI=1S/C14H15N3/c1-4-16-14-11(7-15)8-17-12-6-9(2)5-10(3)13(12)14/h5-6,8H,4H2,1-3H3,(H,16,17). The average Bonchev–Trinajstić information content (AvgIpc) is 2.29. The zero-order valence-electron chi connectivity index (χ0n) is 10.3. The van der Waals surface area contributed by atoms with E-state index in [0.717, 1.165) is 28.7 Å². The van der Waals surface area contributed by atoms with Crippen LogP contribution in [0.3, 0.4) is 0 Å². The van der Waals surface area contributed by atoms with E-state index in [1.807, 2.05) is 13.0 Å². The Labute approximate surface area is 101 Å². The number of rotatable bonds is 2. The van der Waals surface area contributed by atoms with Crippen molar-refractivity contribution in [1.29, 1.82) is 5.26 Å². The molecule has 0 spiro atoms. The van der Waals surface area contributed by atoms with Crippen molar-refractivity contribution in [3.05, 3.63) is 35.0 Å². The number of anilines is 1. The topological polar surface area (TPSA) is 48.7 Å². The van der Waals surface area contributed by atoms with Crippen LogP contribution in [0.4, 0.5) is 5.69 Å². The highest BCUT2D eigenvalue weighted by Crippen LogP contribution is 2.29. The number of nitrogens with zero attached hydrogens (tertiary/aromatic N) is 2. The summed E-state index contributed by atoms with van der Waals surface area (Å²) in [6, 6.07) is 6.35. The fraction of sp³-hybridized carbons (Fsp3) is 0.286. The number of hydrogen-bond acceptors (Lipinski definition) is 3. The van der Waals surface area contributed by atoms with E-state index in [9.17, 15) is 0 Å². The predicted molar refractivity (Wildman–Crippen MR) is 70.1 cm³/mol. The molecule has 1 N–H and O–H groups in total. The van der Waals surface area contributed by atoms with E-state index in [1.165, 1.54) is 5.56 Å². The van der Waals surface area contributed by atoms with E-state index < -0.39 is 0 Å². The molecule has 1 aromatic heterocycles. The van der Waals surface area contributed by atoms with Crippen molar-refractivity contribution in [2.45, 2.75) is 20.8 Å². The highest BCUT2D eigenvalue weighted by atomic mass is 14.9. The van der Waals surface area contributed by atoms with Crippen LogP contribution in [-0.2, 0) is 0 Å². The smallest absolute Gasteiger partial charge is 0.103 e. The summed E-state index contributed by atoms with van der Waals surface area (Å²) in [4.78, 5) is 4.35. The first kappa shape index (κ1) is 11.4. The highest BCUT2D eigenvalue weighted by molar-refractivity contribution is 5.96. The van der Waals surface area contributed by atoms with Gasteiger partial charge in [0.25, 0.3) is 0 Å². The Kier molecular flexibility index (Phi) is 2.97. The molecule has 0 aliphatic carbocycles. The minimum Gasteiger partial charge on any atom is -0.384 e. The summed E-state index contributed by atoms with van der Waals surface area (Å²) in [5.74, 6) is 0. The molecule has 0 saturated carbocycles. The molecule has 0 radical (unpaired) electrons. The van der Waals surface area contributed by atoms with Crippen molar-refractivity contribution < 1.29 is 0 Å². The number of nitrogens with one attached hydrogen (secondary N) is 1. The molecule has 0 fully saturated rings. The van der Waals surface area contributed by atoms with Crippen molar-refractivity contribution in [2.75, 3.05) is 11.9 Å². The summed E-state index contributed by atoms with van der Waals surface area (Å²) < 4.78 is 0. The number of nitriles is 1. The highest BCUT2D eigenvalue weighted by Gasteiger charge is 2.10. The van der Waals surface area contributed by atoms with Gasteiger partial charge in [0.2, 0.25) is 0 Å². The zero-order chi connectivity index (χ0) is 12.4. The van der Waals surface area contributed by atoms with Gasteiger partial charge in [0.1, 0.15) is 6.07 Å². The lowest BCUT2D eigenvalue weighted by atomic mass is 10.0. The Morgan fingerprint density at radius 1 is 1.35 bits per heavy atom. The van der Waals surface area contributed by atoms with E-state index in [2.05, 4.69) is 36.3 Å². The molecule has 3 nitrogen and oxygen atoms in total. The van der Waals surface area contributed by atoms with E-state index in [4.69, 9.17) is 5.26 Å². The second-order valence-corrected chi connectivity index (χ2v) is 4.16. The third kappa shape index (κ3) is 1.94. The molecule has 17 heavy (non-hydrogen) atoms. The summed E-state index contributed by atoms with van der Waals surface area (Å²) in [5, 5.41) is 13.4. The molecular formula is C14H15N3. The molecule has 0 aliphatic rings. The maximum atomic E-state index is 9.12. The van der Waals surface area contributed by atoms with Crippen LogP contribution in [0.5, 0.6) is 0 Å². The van der Waals surface area contributed by atoms with Crippen molar-refractivity contribution in [2.24, 2.45) is 0 Å². The van der Waals surface area contributed by atoms with Crippen LogP contribution in [0.15, 0.2) is 18.3 Å². The van der Waals surface area contributed by atoms with Crippen molar-refractivity contribution in [3.63, 3.8) is 0 Å². The Morgan fingerprint density at radius 2 is 2.12 bits per heavy atom. The fourth-order valence-electron chi connectivity index (χ4n) is 2.15. The lowest BCUT2D eigenvalue weighted by Crippen LogP contribution is -2.02. The monoisotopic (exact) mass is 225 g/mol. The minimum atomic E-state index is 0.603. The van der Waals surface area contributed by atoms with Gasteiger partial charge < -0.3 is 5.32 Å². The number of pyridine rings is 1. The normalized spacial score (nSPS) is 10.2. The molecule has 2 aromatic rings. The van der Waals surface area contributed by atoms with Crippen LogP contribution in [-0.4, -0.2) is 11.5 Å². The van der Waals surface area contributed by atoms with Crippen LogP contribution >= 0.6 is 0 Å². The van der Waals surface area contributed by atoms with Gasteiger partial charge in [0.15, 0.2) is 0 Å². The predicted octanol–water partition coefficient (Wildman–Crippen LogP) is 3.16. The Morgan fingerprint density at radius 3 is 2.76 bits per heavy atom. The van der Waals surface area contributed by atoms with Crippen LogP contribution in [0.25, 0.3) is 10.9 Å².